The van der Waals surface area contributed by atoms with Gasteiger partial charge in [0.05, 0.1) is 16.3 Å². The number of hydrogen-bond acceptors (Lipinski definition) is 5. The van der Waals surface area contributed by atoms with E-state index in [0.717, 1.165) is 29.9 Å². The maximum absolute atomic E-state index is 13.1. The summed E-state index contributed by atoms with van der Waals surface area (Å²) in [5.41, 5.74) is 2.32. The topological polar surface area (TPSA) is 69.6 Å². The summed E-state index contributed by atoms with van der Waals surface area (Å²) in [6.45, 7) is 2.60. The number of rotatable bonds is 6. The number of nitrogens with zero attached hydrogens (tertiary/aromatic N) is 5. The van der Waals surface area contributed by atoms with Crippen LogP contribution in [0.4, 0.5) is 5.82 Å². The van der Waals surface area contributed by atoms with E-state index >= 15 is 0 Å². The minimum Gasteiger partial charge on any atom is -0.352 e. The van der Waals surface area contributed by atoms with Crippen LogP contribution in [-0.2, 0) is 4.79 Å². The van der Waals surface area contributed by atoms with E-state index in [4.69, 9.17) is 11.6 Å². The number of benzene rings is 2. The van der Waals surface area contributed by atoms with Crippen LogP contribution in [0.15, 0.2) is 66.7 Å². The van der Waals surface area contributed by atoms with Gasteiger partial charge >= 0.3 is 0 Å². The zero-order valence-corrected chi connectivity index (χ0v) is 19.6. The SMILES string of the molecule is O=C(CN(C(=O)c1ccccc1Cl)C1CC1)N1CCN(c2ccc(-c3ccccc3)nn2)CC1. The predicted octanol–water partition coefficient (Wildman–Crippen LogP) is 3.75. The van der Waals surface area contributed by atoms with Crippen molar-refractivity contribution in [2.45, 2.75) is 18.9 Å². The second-order valence-electron chi connectivity index (χ2n) is 8.65. The molecule has 0 spiro atoms. The summed E-state index contributed by atoms with van der Waals surface area (Å²) in [6.07, 6.45) is 1.85. The van der Waals surface area contributed by atoms with E-state index in [9.17, 15) is 9.59 Å². The highest BCUT2D eigenvalue weighted by Gasteiger charge is 2.36. The molecule has 5 rings (SSSR count). The van der Waals surface area contributed by atoms with Crippen LogP contribution in [-0.4, -0.2) is 70.6 Å². The van der Waals surface area contributed by atoms with Gasteiger partial charge < -0.3 is 14.7 Å². The predicted molar refractivity (Wildman–Crippen MR) is 132 cm³/mol. The summed E-state index contributed by atoms with van der Waals surface area (Å²) in [4.78, 5) is 31.8. The van der Waals surface area contributed by atoms with Crippen LogP contribution < -0.4 is 4.90 Å². The largest absolute Gasteiger partial charge is 0.352 e. The molecule has 1 saturated heterocycles. The van der Waals surface area contributed by atoms with E-state index < -0.39 is 0 Å². The van der Waals surface area contributed by atoms with E-state index in [1.807, 2.05) is 47.4 Å². The van der Waals surface area contributed by atoms with E-state index in [1.165, 1.54) is 0 Å². The van der Waals surface area contributed by atoms with Gasteiger partial charge in [-0.2, -0.15) is 0 Å². The molecule has 1 saturated carbocycles. The number of hydrogen-bond donors (Lipinski definition) is 0. The Bertz CT molecular complexity index is 1160. The number of piperazine rings is 1. The zero-order valence-electron chi connectivity index (χ0n) is 18.8. The highest BCUT2D eigenvalue weighted by atomic mass is 35.5. The number of halogens is 1. The molecule has 2 amide bonds. The van der Waals surface area contributed by atoms with Crippen molar-refractivity contribution in [1.29, 1.82) is 0 Å². The number of carbonyl (C=O) groups excluding carboxylic acids is 2. The van der Waals surface area contributed by atoms with Crippen molar-refractivity contribution in [2.75, 3.05) is 37.6 Å². The fourth-order valence-corrected chi connectivity index (χ4v) is 4.45. The maximum Gasteiger partial charge on any atom is 0.256 e. The Balaban J connectivity index is 1.18. The first-order valence-electron chi connectivity index (χ1n) is 11.6. The van der Waals surface area contributed by atoms with Crippen LogP contribution in [0.5, 0.6) is 0 Å². The molecule has 2 fully saturated rings. The molecule has 0 N–H and O–H groups in total. The minimum absolute atomic E-state index is 0.0301. The Morgan fingerprint density at radius 1 is 0.882 bits per heavy atom. The third-order valence-corrected chi connectivity index (χ3v) is 6.66. The molecule has 0 bridgehead atoms. The van der Waals surface area contributed by atoms with Gasteiger partial charge in [0.1, 0.15) is 6.54 Å². The van der Waals surface area contributed by atoms with E-state index in [-0.39, 0.29) is 24.4 Å². The maximum atomic E-state index is 13.1. The number of amides is 2. The molecular formula is C26H26ClN5O2. The molecular weight excluding hydrogens is 450 g/mol. The van der Waals surface area contributed by atoms with Crippen LogP contribution in [0.1, 0.15) is 23.2 Å². The summed E-state index contributed by atoms with van der Waals surface area (Å²) in [5.74, 6) is 0.603. The second-order valence-corrected chi connectivity index (χ2v) is 9.06. The first kappa shape index (κ1) is 22.3. The third kappa shape index (κ3) is 4.89. The van der Waals surface area contributed by atoms with E-state index in [1.54, 1.807) is 29.2 Å². The standard InChI is InChI=1S/C26H26ClN5O2/c27-22-9-5-4-8-21(22)26(34)32(20-10-11-20)18-25(33)31-16-14-30(15-17-31)24-13-12-23(28-29-24)19-6-2-1-3-7-19/h1-9,12-13,20H,10-11,14-18H2. The molecule has 2 aromatic carbocycles. The summed E-state index contributed by atoms with van der Waals surface area (Å²) in [5, 5.41) is 9.19. The van der Waals surface area contributed by atoms with Gasteiger partial charge in [0, 0.05) is 37.8 Å². The molecule has 3 aromatic rings. The van der Waals surface area contributed by atoms with Crippen LogP contribution in [0.3, 0.4) is 0 Å². The van der Waals surface area contributed by atoms with Crippen molar-refractivity contribution >= 4 is 29.2 Å². The van der Waals surface area contributed by atoms with Gasteiger partial charge in [0.2, 0.25) is 5.91 Å². The van der Waals surface area contributed by atoms with Gasteiger partial charge in [0.15, 0.2) is 5.82 Å². The van der Waals surface area contributed by atoms with Gasteiger partial charge in [-0.15, -0.1) is 10.2 Å². The van der Waals surface area contributed by atoms with Crippen molar-refractivity contribution in [3.05, 3.63) is 77.3 Å². The number of carbonyl (C=O) groups is 2. The smallest absolute Gasteiger partial charge is 0.256 e. The highest BCUT2D eigenvalue weighted by molar-refractivity contribution is 6.33. The normalized spacial score (nSPS) is 15.8. The molecule has 174 valence electrons. The van der Waals surface area contributed by atoms with Crippen molar-refractivity contribution in [2.24, 2.45) is 0 Å². The lowest BCUT2D eigenvalue weighted by Gasteiger charge is -2.36. The molecule has 1 aromatic heterocycles. The molecule has 0 radical (unpaired) electrons. The number of anilines is 1. The highest BCUT2D eigenvalue weighted by Crippen LogP contribution is 2.30. The molecule has 1 aliphatic carbocycles. The monoisotopic (exact) mass is 475 g/mol. The van der Waals surface area contributed by atoms with Gasteiger partial charge in [-0.05, 0) is 37.1 Å². The molecule has 0 atom stereocenters. The van der Waals surface area contributed by atoms with Crippen molar-refractivity contribution in [3.63, 3.8) is 0 Å². The Kier molecular flexibility index (Phi) is 6.45. The Morgan fingerprint density at radius 3 is 2.24 bits per heavy atom. The summed E-state index contributed by atoms with van der Waals surface area (Å²) >= 11 is 6.23. The average Bonchev–Trinajstić information content (AvgIpc) is 3.73. The summed E-state index contributed by atoms with van der Waals surface area (Å²) < 4.78 is 0. The third-order valence-electron chi connectivity index (χ3n) is 6.33. The van der Waals surface area contributed by atoms with Crippen LogP contribution in [0.25, 0.3) is 11.3 Å². The molecule has 0 unspecified atom stereocenters. The van der Waals surface area contributed by atoms with Crippen molar-refractivity contribution in [1.82, 2.24) is 20.0 Å². The second kappa shape index (κ2) is 9.81. The zero-order chi connectivity index (χ0) is 23.5. The molecule has 7 nitrogen and oxygen atoms in total. The molecule has 2 aliphatic rings. The molecule has 1 aliphatic heterocycles. The Hall–Kier alpha value is -3.45. The lowest BCUT2D eigenvalue weighted by Crippen LogP contribution is -2.52. The minimum atomic E-state index is -0.172. The average molecular weight is 476 g/mol. The van der Waals surface area contributed by atoms with Crippen molar-refractivity contribution in [3.8, 4) is 11.3 Å². The molecule has 34 heavy (non-hydrogen) atoms. The fraction of sp³-hybridized carbons (Fsp3) is 0.308. The number of aromatic nitrogens is 2. The lowest BCUT2D eigenvalue weighted by atomic mass is 10.1. The first-order valence-corrected chi connectivity index (χ1v) is 12.0. The lowest BCUT2D eigenvalue weighted by molar-refractivity contribution is -0.132. The van der Waals surface area contributed by atoms with Crippen LogP contribution in [0, 0.1) is 0 Å². The van der Waals surface area contributed by atoms with Gasteiger partial charge in [-0.3, -0.25) is 9.59 Å². The Labute approximate surface area is 203 Å². The molecule has 2 heterocycles. The summed E-state index contributed by atoms with van der Waals surface area (Å²) in [7, 11) is 0. The van der Waals surface area contributed by atoms with Gasteiger partial charge in [-0.25, -0.2) is 0 Å². The quantitative estimate of drug-likeness (QED) is 0.543. The van der Waals surface area contributed by atoms with Gasteiger partial charge in [-0.1, -0.05) is 54.1 Å². The molecule has 8 heteroatoms. The van der Waals surface area contributed by atoms with E-state index in [0.29, 0.717) is 36.8 Å². The first-order chi connectivity index (χ1) is 16.6. The van der Waals surface area contributed by atoms with Crippen molar-refractivity contribution < 1.29 is 9.59 Å². The van der Waals surface area contributed by atoms with Crippen LogP contribution >= 0.6 is 11.6 Å². The summed E-state index contributed by atoms with van der Waals surface area (Å²) in [6, 6.07) is 21.0. The fourth-order valence-electron chi connectivity index (χ4n) is 4.23. The van der Waals surface area contributed by atoms with Crippen LogP contribution in [0.2, 0.25) is 5.02 Å². The van der Waals surface area contributed by atoms with E-state index in [2.05, 4.69) is 15.1 Å². The Morgan fingerprint density at radius 2 is 1.59 bits per heavy atom. The van der Waals surface area contributed by atoms with Gasteiger partial charge in [0.25, 0.3) is 5.91 Å².